The second kappa shape index (κ2) is 6.96. The molecule has 1 aromatic heterocycles. The predicted octanol–water partition coefficient (Wildman–Crippen LogP) is 2.09. The van der Waals surface area contributed by atoms with Crippen molar-refractivity contribution in [2.24, 2.45) is 7.05 Å². The second-order valence-corrected chi connectivity index (χ2v) is 6.02. The fourth-order valence-corrected chi connectivity index (χ4v) is 3.34. The standard InChI is InChI=1S/C18H24N4O/c1-3-15(14-7-5-4-6-8-14)18(23)22-12-9-19-13-16(22)17-20-10-11-21(17)2/h4-8,10-11,15-16,19H,3,9,12-13H2,1-2H3. The zero-order valence-electron chi connectivity index (χ0n) is 13.8. The first-order valence-corrected chi connectivity index (χ1v) is 8.25. The maximum Gasteiger partial charge on any atom is 0.230 e. The molecule has 1 amide bonds. The number of nitrogens with zero attached hydrogens (tertiary/aromatic N) is 3. The Labute approximate surface area is 137 Å². The van der Waals surface area contributed by atoms with Crippen LogP contribution in [0.25, 0.3) is 0 Å². The average molecular weight is 312 g/mol. The van der Waals surface area contributed by atoms with Gasteiger partial charge >= 0.3 is 0 Å². The van der Waals surface area contributed by atoms with Crippen LogP contribution < -0.4 is 5.32 Å². The van der Waals surface area contributed by atoms with Gasteiger partial charge in [0.15, 0.2) is 0 Å². The first-order chi connectivity index (χ1) is 11.2. The van der Waals surface area contributed by atoms with E-state index in [1.54, 1.807) is 6.20 Å². The van der Waals surface area contributed by atoms with Crippen LogP contribution in [0.2, 0.25) is 0 Å². The van der Waals surface area contributed by atoms with Crippen molar-refractivity contribution < 1.29 is 4.79 Å². The number of piperazine rings is 1. The highest BCUT2D eigenvalue weighted by atomic mass is 16.2. The summed E-state index contributed by atoms with van der Waals surface area (Å²) in [5.41, 5.74) is 1.09. The van der Waals surface area contributed by atoms with Gasteiger partial charge in [-0.05, 0) is 12.0 Å². The number of amides is 1. The van der Waals surface area contributed by atoms with E-state index >= 15 is 0 Å². The van der Waals surface area contributed by atoms with Crippen LogP contribution in [0, 0.1) is 0 Å². The number of aromatic nitrogens is 2. The summed E-state index contributed by atoms with van der Waals surface area (Å²) in [6.07, 6.45) is 4.53. The quantitative estimate of drug-likeness (QED) is 0.940. The van der Waals surface area contributed by atoms with Crippen LogP contribution in [0.15, 0.2) is 42.7 Å². The number of hydrogen-bond acceptors (Lipinski definition) is 3. The van der Waals surface area contributed by atoms with E-state index in [0.29, 0.717) is 0 Å². The first kappa shape index (κ1) is 15.7. The van der Waals surface area contributed by atoms with Gasteiger partial charge in [0.25, 0.3) is 0 Å². The molecule has 5 nitrogen and oxygen atoms in total. The molecular formula is C18H24N4O. The molecule has 1 aromatic carbocycles. The molecule has 2 atom stereocenters. The van der Waals surface area contributed by atoms with Crippen molar-refractivity contribution in [3.63, 3.8) is 0 Å². The first-order valence-electron chi connectivity index (χ1n) is 8.25. The molecule has 0 bridgehead atoms. The average Bonchev–Trinajstić information content (AvgIpc) is 3.02. The summed E-state index contributed by atoms with van der Waals surface area (Å²) in [5.74, 6) is 1.05. The lowest BCUT2D eigenvalue weighted by Crippen LogP contribution is -2.50. The Morgan fingerprint density at radius 2 is 2.17 bits per heavy atom. The van der Waals surface area contributed by atoms with Gasteiger partial charge in [-0.2, -0.15) is 0 Å². The molecule has 1 N–H and O–H groups in total. The third-order valence-corrected chi connectivity index (χ3v) is 4.59. The summed E-state index contributed by atoms with van der Waals surface area (Å²) in [7, 11) is 1.98. The van der Waals surface area contributed by atoms with Crippen molar-refractivity contribution in [2.75, 3.05) is 19.6 Å². The Morgan fingerprint density at radius 1 is 1.39 bits per heavy atom. The summed E-state index contributed by atoms with van der Waals surface area (Å²) in [6, 6.07) is 10.1. The zero-order chi connectivity index (χ0) is 16.2. The van der Waals surface area contributed by atoms with Gasteiger partial charge < -0.3 is 14.8 Å². The highest BCUT2D eigenvalue weighted by Gasteiger charge is 2.34. The van der Waals surface area contributed by atoms with E-state index in [0.717, 1.165) is 37.4 Å². The molecule has 0 radical (unpaired) electrons. The van der Waals surface area contributed by atoms with Crippen LogP contribution in [0.4, 0.5) is 0 Å². The van der Waals surface area contributed by atoms with Crippen molar-refractivity contribution in [1.29, 1.82) is 0 Å². The molecule has 1 aliphatic rings. The van der Waals surface area contributed by atoms with Crippen molar-refractivity contribution in [1.82, 2.24) is 19.8 Å². The topological polar surface area (TPSA) is 50.2 Å². The predicted molar refractivity (Wildman–Crippen MR) is 90.0 cm³/mol. The zero-order valence-corrected chi connectivity index (χ0v) is 13.8. The number of rotatable bonds is 4. The molecule has 3 rings (SSSR count). The van der Waals surface area contributed by atoms with Crippen molar-refractivity contribution in [3.8, 4) is 0 Å². The number of benzene rings is 1. The molecule has 1 fully saturated rings. The van der Waals surface area contributed by atoms with Crippen LogP contribution in [0.3, 0.4) is 0 Å². The van der Waals surface area contributed by atoms with Gasteiger partial charge in [-0.3, -0.25) is 4.79 Å². The van der Waals surface area contributed by atoms with Crippen LogP contribution in [-0.2, 0) is 11.8 Å². The van der Waals surface area contributed by atoms with Gasteiger partial charge in [-0.25, -0.2) is 4.98 Å². The Morgan fingerprint density at radius 3 is 2.83 bits per heavy atom. The fourth-order valence-electron chi connectivity index (χ4n) is 3.34. The number of nitrogens with one attached hydrogen (secondary N) is 1. The highest BCUT2D eigenvalue weighted by molar-refractivity contribution is 5.84. The molecule has 5 heteroatoms. The second-order valence-electron chi connectivity index (χ2n) is 6.02. The monoisotopic (exact) mass is 312 g/mol. The summed E-state index contributed by atoms with van der Waals surface area (Å²) >= 11 is 0. The molecule has 23 heavy (non-hydrogen) atoms. The van der Waals surface area contributed by atoms with Gasteiger partial charge in [-0.15, -0.1) is 0 Å². The third kappa shape index (κ3) is 3.15. The van der Waals surface area contributed by atoms with Gasteiger partial charge in [0.2, 0.25) is 5.91 Å². The van der Waals surface area contributed by atoms with Gasteiger partial charge in [-0.1, -0.05) is 37.3 Å². The molecule has 2 unspecified atom stereocenters. The maximum atomic E-state index is 13.2. The number of carbonyl (C=O) groups excluding carboxylic acids is 1. The summed E-state index contributed by atoms with van der Waals surface area (Å²) in [5, 5.41) is 3.38. The van der Waals surface area contributed by atoms with E-state index < -0.39 is 0 Å². The molecular weight excluding hydrogens is 288 g/mol. The normalized spacial score (nSPS) is 19.6. The maximum absolute atomic E-state index is 13.2. The Kier molecular flexibility index (Phi) is 4.76. The largest absolute Gasteiger partial charge is 0.336 e. The van der Waals surface area contributed by atoms with Crippen LogP contribution in [-0.4, -0.2) is 40.0 Å². The lowest BCUT2D eigenvalue weighted by molar-refractivity contribution is -0.136. The van der Waals surface area contributed by atoms with Crippen molar-refractivity contribution in [2.45, 2.75) is 25.3 Å². The van der Waals surface area contributed by atoms with Gasteiger partial charge in [0, 0.05) is 39.1 Å². The smallest absolute Gasteiger partial charge is 0.230 e. The molecule has 0 spiro atoms. The highest BCUT2D eigenvalue weighted by Crippen LogP contribution is 2.28. The van der Waals surface area contributed by atoms with Crippen LogP contribution in [0.5, 0.6) is 0 Å². The molecule has 2 aromatic rings. The molecule has 0 aliphatic carbocycles. The van der Waals surface area contributed by atoms with Crippen molar-refractivity contribution >= 4 is 5.91 Å². The van der Waals surface area contributed by atoms with E-state index in [1.165, 1.54) is 0 Å². The molecule has 0 saturated carbocycles. The number of imidazole rings is 1. The van der Waals surface area contributed by atoms with E-state index in [9.17, 15) is 4.79 Å². The molecule has 1 saturated heterocycles. The minimum absolute atomic E-state index is 0.00554. The van der Waals surface area contributed by atoms with E-state index in [2.05, 4.69) is 17.2 Å². The summed E-state index contributed by atoms with van der Waals surface area (Å²) in [4.78, 5) is 19.7. The van der Waals surface area contributed by atoms with Crippen molar-refractivity contribution in [3.05, 3.63) is 54.1 Å². The molecule has 1 aliphatic heterocycles. The van der Waals surface area contributed by atoms with E-state index in [4.69, 9.17) is 0 Å². The Hall–Kier alpha value is -2.14. The number of hydrogen-bond donors (Lipinski definition) is 1. The number of aryl methyl sites for hydroxylation is 1. The Balaban J connectivity index is 1.88. The third-order valence-electron chi connectivity index (χ3n) is 4.59. The van der Waals surface area contributed by atoms with Gasteiger partial charge in [0.1, 0.15) is 11.9 Å². The van der Waals surface area contributed by atoms with Gasteiger partial charge in [0.05, 0.1) is 5.92 Å². The fraction of sp³-hybridized carbons (Fsp3) is 0.444. The minimum Gasteiger partial charge on any atom is -0.336 e. The summed E-state index contributed by atoms with van der Waals surface area (Å²) < 4.78 is 2.00. The molecule has 122 valence electrons. The lowest BCUT2D eigenvalue weighted by Gasteiger charge is -2.37. The van der Waals surface area contributed by atoms with Crippen LogP contribution >= 0.6 is 0 Å². The molecule has 2 heterocycles. The Bertz CT molecular complexity index is 652. The number of carbonyl (C=O) groups is 1. The minimum atomic E-state index is -0.0860. The van der Waals surface area contributed by atoms with E-state index in [1.807, 2.05) is 53.0 Å². The lowest BCUT2D eigenvalue weighted by atomic mass is 9.94. The van der Waals surface area contributed by atoms with Crippen LogP contribution in [0.1, 0.15) is 36.7 Å². The van der Waals surface area contributed by atoms with E-state index in [-0.39, 0.29) is 17.9 Å². The summed E-state index contributed by atoms with van der Waals surface area (Å²) in [6.45, 7) is 4.38. The SMILES string of the molecule is CCC(C(=O)N1CCNCC1c1nccn1C)c1ccccc1.